The van der Waals surface area contributed by atoms with Crippen LogP contribution in [-0.4, -0.2) is 40.6 Å². The van der Waals surface area contributed by atoms with Crippen LogP contribution in [0, 0.1) is 0 Å². The number of hydrogen-bond donors (Lipinski definition) is 1. The zero-order valence-corrected chi connectivity index (χ0v) is 20.0. The van der Waals surface area contributed by atoms with Crippen molar-refractivity contribution in [1.82, 2.24) is 9.80 Å². The second-order valence-corrected chi connectivity index (χ2v) is 9.26. The van der Waals surface area contributed by atoms with Crippen LogP contribution in [0.1, 0.15) is 24.0 Å². The first-order valence-electron chi connectivity index (χ1n) is 11.5. The van der Waals surface area contributed by atoms with Gasteiger partial charge < -0.3 is 14.7 Å². The van der Waals surface area contributed by atoms with Gasteiger partial charge in [-0.25, -0.2) is 0 Å². The molecule has 176 valence electrons. The van der Waals surface area contributed by atoms with E-state index in [-0.39, 0.29) is 6.54 Å². The fourth-order valence-electron chi connectivity index (χ4n) is 3.93. The van der Waals surface area contributed by atoms with Gasteiger partial charge in [-0.2, -0.15) is 0 Å². The minimum atomic E-state index is -0.825. The molecule has 4 rings (SSSR count). The summed E-state index contributed by atoms with van der Waals surface area (Å²) in [5.74, 6) is -0.00853. The molecule has 2 aromatic carbocycles. The summed E-state index contributed by atoms with van der Waals surface area (Å²) < 4.78 is 5.96. The smallest absolute Gasteiger partial charge is 0.317 e. The Hall–Kier alpha value is -3.22. The highest BCUT2D eigenvalue weighted by Crippen LogP contribution is 2.33. The van der Waals surface area contributed by atoms with Crippen molar-refractivity contribution in [1.29, 1.82) is 0 Å². The number of hydrogen-bond acceptors (Lipinski definition) is 5. The lowest BCUT2D eigenvalue weighted by Crippen LogP contribution is -2.28. The SMILES string of the molecule is O=C(O)CN(Cc1ccccc1)Cc1ccc(OCCN2C=CSC(C3=CC=CCC3)=C2)cc1. The van der Waals surface area contributed by atoms with E-state index in [0.717, 1.165) is 36.3 Å². The Kier molecular flexibility index (Phi) is 8.65. The topological polar surface area (TPSA) is 53.0 Å². The van der Waals surface area contributed by atoms with Gasteiger partial charge in [-0.15, -0.1) is 0 Å². The number of allylic oxidation sites excluding steroid dienone is 4. The second-order valence-electron chi connectivity index (χ2n) is 8.31. The lowest BCUT2D eigenvalue weighted by atomic mass is 10.1. The second kappa shape index (κ2) is 12.3. The number of rotatable bonds is 11. The van der Waals surface area contributed by atoms with E-state index < -0.39 is 5.97 Å². The summed E-state index contributed by atoms with van der Waals surface area (Å²) in [5.41, 5.74) is 3.55. The molecule has 0 saturated heterocycles. The Morgan fingerprint density at radius 3 is 2.53 bits per heavy atom. The maximum atomic E-state index is 11.3. The molecular formula is C28H30N2O3S. The summed E-state index contributed by atoms with van der Waals surface area (Å²) in [5, 5.41) is 11.4. The molecule has 1 aliphatic heterocycles. The van der Waals surface area contributed by atoms with Crippen molar-refractivity contribution in [3.63, 3.8) is 0 Å². The Balaban J connectivity index is 1.27. The normalized spacial score (nSPS) is 15.3. The van der Waals surface area contributed by atoms with E-state index in [1.54, 1.807) is 11.8 Å². The number of carbonyl (C=O) groups is 1. The van der Waals surface area contributed by atoms with Gasteiger partial charge in [0.25, 0.3) is 0 Å². The standard InChI is InChI=1S/C28H30N2O3S/c31-28(32)22-30(19-23-7-3-1-4-8-23)20-24-11-13-26(14-12-24)33-17-15-29-16-18-34-27(21-29)25-9-5-2-6-10-25/h1-5,7-9,11-14,16,18,21H,6,10,15,17,19-20,22H2,(H,31,32). The maximum absolute atomic E-state index is 11.3. The predicted molar refractivity (Wildman–Crippen MR) is 138 cm³/mol. The fraction of sp³-hybridized carbons (Fsp3) is 0.250. The summed E-state index contributed by atoms with van der Waals surface area (Å²) in [6, 6.07) is 17.9. The highest BCUT2D eigenvalue weighted by Gasteiger charge is 2.13. The molecule has 1 N–H and O–H groups in total. The third kappa shape index (κ3) is 7.40. The number of ether oxygens (including phenoxy) is 1. The lowest BCUT2D eigenvalue weighted by molar-refractivity contribution is -0.138. The third-order valence-electron chi connectivity index (χ3n) is 5.62. The lowest BCUT2D eigenvalue weighted by Gasteiger charge is -2.23. The summed E-state index contributed by atoms with van der Waals surface area (Å²) in [7, 11) is 0. The number of aliphatic carboxylic acids is 1. The van der Waals surface area contributed by atoms with Crippen LogP contribution in [0.15, 0.2) is 101 Å². The van der Waals surface area contributed by atoms with Crippen LogP contribution in [0.4, 0.5) is 0 Å². The van der Waals surface area contributed by atoms with Crippen molar-refractivity contribution in [2.24, 2.45) is 0 Å². The van der Waals surface area contributed by atoms with E-state index in [0.29, 0.717) is 19.7 Å². The molecule has 2 aliphatic rings. The van der Waals surface area contributed by atoms with Gasteiger partial charge in [0.1, 0.15) is 12.4 Å². The minimum absolute atomic E-state index is 0.00250. The number of carboxylic acids is 1. The molecule has 0 unspecified atom stereocenters. The van der Waals surface area contributed by atoms with E-state index in [9.17, 15) is 9.90 Å². The first-order chi connectivity index (χ1) is 16.7. The highest BCUT2D eigenvalue weighted by molar-refractivity contribution is 8.06. The summed E-state index contributed by atoms with van der Waals surface area (Å²) in [6.45, 7) is 2.51. The molecule has 0 spiro atoms. The van der Waals surface area contributed by atoms with Crippen LogP contribution >= 0.6 is 11.8 Å². The molecule has 0 amide bonds. The Morgan fingerprint density at radius 1 is 1.06 bits per heavy atom. The fourth-order valence-corrected chi connectivity index (χ4v) is 4.81. The van der Waals surface area contributed by atoms with Gasteiger partial charge in [0.2, 0.25) is 0 Å². The summed E-state index contributed by atoms with van der Waals surface area (Å²) >= 11 is 1.77. The van der Waals surface area contributed by atoms with Gasteiger partial charge >= 0.3 is 5.97 Å². The number of thioether (sulfide) groups is 1. The van der Waals surface area contributed by atoms with E-state index in [1.807, 2.05) is 59.5 Å². The largest absolute Gasteiger partial charge is 0.492 e. The molecule has 1 heterocycles. The van der Waals surface area contributed by atoms with Gasteiger partial charge in [-0.3, -0.25) is 9.69 Å². The molecule has 1 aliphatic carbocycles. The van der Waals surface area contributed by atoms with E-state index in [2.05, 4.69) is 40.9 Å². The van der Waals surface area contributed by atoms with E-state index in [4.69, 9.17) is 4.74 Å². The molecule has 34 heavy (non-hydrogen) atoms. The zero-order chi connectivity index (χ0) is 23.6. The molecule has 5 nitrogen and oxygen atoms in total. The molecule has 0 bridgehead atoms. The van der Waals surface area contributed by atoms with Crippen LogP contribution in [-0.2, 0) is 17.9 Å². The van der Waals surface area contributed by atoms with Crippen molar-refractivity contribution in [2.75, 3.05) is 19.7 Å². The monoisotopic (exact) mass is 474 g/mol. The van der Waals surface area contributed by atoms with Gasteiger partial charge in [0.15, 0.2) is 0 Å². The van der Waals surface area contributed by atoms with Crippen molar-refractivity contribution < 1.29 is 14.6 Å². The average Bonchev–Trinajstić information content (AvgIpc) is 2.86. The van der Waals surface area contributed by atoms with Crippen molar-refractivity contribution in [2.45, 2.75) is 25.9 Å². The number of benzene rings is 2. The molecule has 0 aromatic heterocycles. The molecule has 0 fully saturated rings. The van der Waals surface area contributed by atoms with Crippen LogP contribution < -0.4 is 4.74 Å². The molecular weight excluding hydrogens is 444 g/mol. The summed E-state index contributed by atoms with van der Waals surface area (Å²) in [6.07, 6.45) is 13.0. The van der Waals surface area contributed by atoms with Crippen molar-refractivity contribution in [3.05, 3.63) is 112 Å². The zero-order valence-electron chi connectivity index (χ0n) is 19.2. The molecule has 0 saturated carbocycles. The van der Waals surface area contributed by atoms with Crippen LogP contribution in [0.25, 0.3) is 0 Å². The quantitative estimate of drug-likeness (QED) is 0.445. The number of nitrogens with zero attached hydrogens (tertiary/aromatic N) is 2. The highest BCUT2D eigenvalue weighted by atomic mass is 32.2. The minimum Gasteiger partial charge on any atom is -0.492 e. The summed E-state index contributed by atoms with van der Waals surface area (Å²) in [4.78, 5) is 16.7. The average molecular weight is 475 g/mol. The molecule has 6 heteroatoms. The molecule has 0 atom stereocenters. The number of carboxylic acid groups (broad SMARTS) is 1. The van der Waals surface area contributed by atoms with Crippen LogP contribution in [0.3, 0.4) is 0 Å². The Morgan fingerprint density at radius 2 is 1.82 bits per heavy atom. The first-order valence-corrected chi connectivity index (χ1v) is 12.4. The van der Waals surface area contributed by atoms with Crippen LogP contribution in [0.2, 0.25) is 0 Å². The maximum Gasteiger partial charge on any atom is 0.317 e. The van der Waals surface area contributed by atoms with Gasteiger partial charge in [-0.1, -0.05) is 72.5 Å². The van der Waals surface area contributed by atoms with Gasteiger partial charge in [-0.05, 0) is 47.1 Å². The molecule has 0 radical (unpaired) electrons. The van der Waals surface area contributed by atoms with Crippen LogP contribution in [0.5, 0.6) is 5.75 Å². The molecule has 2 aromatic rings. The van der Waals surface area contributed by atoms with Gasteiger partial charge in [0.05, 0.1) is 13.1 Å². The van der Waals surface area contributed by atoms with Crippen molar-refractivity contribution in [3.8, 4) is 5.75 Å². The first kappa shape index (κ1) is 23.9. The Bertz CT molecular complexity index is 1070. The van der Waals surface area contributed by atoms with Gasteiger partial charge in [0, 0.05) is 30.4 Å². The van der Waals surface area contributed by atoms with E-state index >= 15 is 0 Å². The predicted octanol–water partition coefficient (Wildman–Crippen LogP) is 5.79. The van der Waals surface area contributed by atoms with Crippen molar-refractivity contribution >= 4 is 17.7 Å². The Labute approximate surface area is 205 Å². The third-order valence-corrected chi connectivity index (χ3v) is 6.50. The van der Waals surface area contributed by atoms with E-state index in [1.165, 1.54) is 10.5 Å².